The van der Waals surface area contributed by atoms with Gasteiger partial charge in [0.2, 0.25) is 5.91 Å². The summed E-state index contributed by atoms with van der Waals surface area (Å²) in [6.07, 6.45) is 8.28. The molecule has 2 aromatic rings. The second kappa shape index (κ2) is 8.86. The number of benzene rings is 1. The van der Waals surface area contributed by atoms with E-state index in [1.54, 1.807) is 6.26 Å². The van der Waals surface area contributed by atoms with E-state index in [2.05, 4.69) is 11.9 Å². The van der Waals surface area contributed by atoms with Crippen molar-refractivity contribution in [3.63, 3.8) is 0 Å². The molecule has 0 N–H and O–H groups in total. The van der Waals surface area contributed by atoms with Crippen molar-refractivity contribution in [3.05, 3.63) is 54.5 Å². The smallest absolute Gasteiger partial charge is 0.241 e. The summed E-state index contributed by atoms with van der Waals surface area (Å²) in [4.78, 5) is 17.0. The lowest BCUT2D eigenvalue weighted by molar-refractivity contribution is -0.119. The number of furan rings is 1. The average molecular weight is 340 g/mol. The van der Waals surface area contributed by atoms with Crippen molar-refractivity contribution in [2.75, 3.05) is 25.0 Å². The van der Waals surface area contributed by atoms with Gasteiger partial charge in [0, 0.05) is 12.2 Å². The van der Waals surface area contributed by atoms with Gasteiger partial charge in [0.15, 0.2) is 0 Å². The molecule has 0 radical (unpaired) electrons. The lowest BCUT2D eigenvalue weighted by Gasteiger charge is -2.29. The van der Waals surface area contributed by atoms with Gasteiger partial charge in [-0.1, -0.05) is 37.5 Å². The van der Waals surface area contributed by atoms with E-state index in [0.717, 1.165) is 23.9 Å². The quantitative estimate of drug-likeness (QED) is 0.753. The summed E-state index contributed by atoms with van der Waals surface area (Å²) < 4.78 is 5.45. The fourth-order valence-corrected chi connectivity index (χ4v) is 3.68. The molecule has 4 nitrogen and oxygen atoms in total. The minimum atomic E-state index is 0.112. The van der Waals surface area contributed by atoms with Crippen LogP contribution in [0.25, 0.3) is 0 Å². The number of carbonyl (C=O) groups excluding carboxylic acids is 1. The molecule has 0 bridgehead atoms. The number of hydrogen-bond acceptors (Lipinski definition) is 3. The van der Waals surface area contributed by atoms with E-state index < -0.39 is 0 Å². The average Bonchev–Trinajstić information content (AvgIpc) is 3.14. The van der Waals surface area contributed by atoms with Gasteiger partial charge in [0.05, 0.1) is 19.4 Å². The van der Waals surface area contributed by atoms with Crippen LogP contribution in [0.2, 0.25) is 0 Å². The van der Waals surface area contributed by atoms with Gasteiger partial charge in [-0.25, -0.2) is 0 Å². The van der Waals surface area contributed by atoms with E-state index in [9.17, 15) is 4.79 Å². The van der Waals surface area contributed by atoms with E-state index in [1.807, 2.05) is 47.4 Å². The normalized spacial score (nSPS) is 15.4. The number of hydrogen-bond donors (Lipinski definition) is 0. The van der Waals surface area contributed by atoms with E-state index in [-0.39, 0.29) is 5.91 Å². The minimum Gasteiger partial charge on any atom is -0.467 e. The molecule has 1 heterocycles. The Balaban J connectivity index is 1.63. The molecule has 0 saturated heterocycles. The first-order valence-electron chi connectivity index (χ1n) is 9.28. The first-order chi connectivity index (χ1) is 12.2. The summed E-state index contributed by atoms with van der Waals surface area (Å²) in [5.74, 6) is 1.65. The molecule has 1 saturated carbocycles. The number of rotatable bonds is 7. The number of para-hydroxylation sites is 1. The largest absolute Gasteiger partial charge is 0.467 e. The fraction of sp³-hybridized carbons (Fsp3) is 0.476. The lowest BCUT2D eigenvalue weighted by atomic mass is 9.89. The predicted octanol–water partition coefficient (Wildman–Crippen LogP) is 4.32. The van der Waals surface area contributed by atoms with Gasteiger partial charge >= 0.3 is 0 Å². The zero-order chi connectivity index (χ0) is 17.5. The third-order valence-electron chi connectivity index (χ3n) is 4.96. The van der Waals surface area contributed by atoms with Gasteiger partial charge in [-0.15, -0.1) is 0 Å². The highest BCUT2D eigenvalue weighted by Crippen LogP contribution is 2.24. The van der Waals surface area contributed by atoms with Crippen molar-refractivity contribution >= 4 is 11.6 Å². The zero-order valence-electron chi connectivity index (χ0n) is 15.1. The van der Waals surface area contributed by atoms with Crippen LogP contribution in [0, 0.1) is 5.92 Å². The van der Waals surface area contributed by atoms with Crippen LogP contribution in [0.5, 0.6) is 0 Å². The fourth-order valence-electron chi connectivity index (χ4n) is 3.68. The molecule has 1 fully saturated rings. The van der Waals surface area contributed by atoms with E-state index in [4.69, 9.17) is 4.42 Å². The topological polar surface area (TPSA) is 36.7 Å². The van der Waals surface area contributed by atoms with Crippen molar-refractivity contribution in [1.82, 2.24) is 4.90 Å². The van der Waals surface area contributed by atoms with E-state index in [1.165, 1.54) is 32.1 Å². The minimum absolute atomic E-state index is 0.112. The highest BCUT2D eigenvalue weighted by atomic mass is 16.3. The van der Waals surface area contributed by atoms with Crippen molar-refractivity contribution in [2.45, 2.75) is 38.6 Å². The maximum absolute atomic E-state index is 13.0. The Morgan fingerprint density at radius 2 is 1.84 bits per heavy atom. The van der Waals surface area contributed by atoms with Crippen LogP contribution in [0.4, 0.5) is 5.69 Å². The predicted molar refractivity (Wildman–Crippen MR) is 100 cm³/mol. The third kappa shape index (κ3) is 5.20. The third-order valence-corrected chi connectivity index (χ3v) is 4.96. The molecule has 1 amide bonds. The zero-order valence-corrected chi connectivity index (χ0v) is 15.1. The summed E-state index contributed by atoms with van der Waals surface area (Å²) in [7, 11) is 2.06. The molecule has 134 valence electrons. The van der Waals surface area contributed by atoms with Gasteiger partial charge < -0.3 is 9.32 Å². The molecule has 0 spiro atoms. The van der Waals surface area contributed by atoms with Crippen LogP contribution >= 0.6 is 0 Å². The Bertz CT molecular complexity index is 633. The number of carbonyl (C=O) groups is 1. The molecule has 0 unspecified atom stereocenters. The Morgan fingerprint density at radius 3 is 2.52 bits per heavy atom. The van der Waals surface area contributed by atoms with Gasteiger partial charge in [-0.2, -0.15) is 0 Å². The number of nitrogens with zero attached hydrogens (tertiary/aromatic N) is 2. The molecule has 1 aromatic carbocycles. The van der Waals surface area contributed by atoms with Crippen LogP contribution in [0.3, 0.4) is 0 Å². The van der Waals surface area contributed by atoms with Crippen molar-refractivity contribution < 1.29 is 9.21 Å². The number of amides is 1. The summed E-state index contributed by atoms with van der Waals surface area (Å²) in [5, 5.41) is 0. The standard InChI is InChI=1S/C21H28N2O2/c1-22(15-18-9-4-2-5-10-18)17-21(24)23(16-20-13-8-14-25-20)19-11-6-3-7-12-19/h3,6-8,11-14,18H,2,4-5,9-10,15-17H2,1H3. The molecule has 1 aromatic heterocycles. The van der Waals surface area contributed by atoms with Crippen LogP contribution in [-0.2, 0) is 11.3 Å². The molecular formula is C21H28N2O2. The molecule has 3 rings (SSSR count). The molecule has 1 aliphatic rings. The van der Waals surface area contributed by atoms with Gasteiger partial charge in [-0.05, 0) is 50.1 Å². The van der Waals surface area contributed by atoms with Crippen molar-refractivity contribution in [1.29, 1.82) is 0 Å². The molecular weight excluding hydrogens is 312 g/mol. The Labute approximate surface area is 150 Å². The molecule has 0 atom stereocenters. The molecule has 1 aliphatic carbocycles. The molecule has 4 heteroatoms. The van der Waals surface area contributed by atoms with Crippen LogP contribution < -0.4 is 4.90 Å². The lowest BCUT2D eigenvalue weighted by Crippen LogP contribution is -2.40. The Hall–Kier alpha value is -2.07. The highest BCUT2D eigenvalue weighted by molar-refractivity contribution is 5.94. The van der Waals surface area contributed by atoms with E-state index >= 15 is 0 Å². The Kier molecular flexibility index (Phi) is 6.29. The second-order valence-corrected chi connectivity index (χ2v) is 7.10. The van der Waals surface area contributed by atoms with Gasteiger partial charge in [-0.3, -0.25) is 9.69 Å². The number of likely N-dealkylation sites (N-methyl/N-ethyl adjacent to an activating group) is 1. The number of anilines is 1. The second-order valence-electron chi connectivity index (χ2n) is 7.10. The Morgan fingerprint density at radius 1 is 1.08 bits per heavy atom. The summed E-state index contributed by atoms with van der Waals surface area (Å²) in [6.45, 7) is 1.91. The van der Waals surface area contributed by atoms with Crippen LogP contribution in [0.1, 0.15) is 37.9 Å². The van der Waals surface area contributed by atoms with E-state index in [0.29, 0.717) is 13.1 Å². The SMILES string of the molecule is CN(CC(=O)N(Cc1ccco1)c1ccccc1)CC1CCCCC1. The van der Waals surface area contributed by atoms with Crippen molar-refractivity contribution in [3.8, 4) is 0 Å². The monoisotopic (exact) mass is 340 g/mol. The summed E-state index contributed by atoms with van der Waals surface area (Å²) >= 11 is 0. The van der Waals surface area contributed by atoms with Gasteiger partial charge in [0.25, 0.3) is 0 Å². The molecule has 0 aliphatic heterocycles. The van der Waals surface area contributed by atoms with Crippen molar-refractivity contribution in [2.24, 2.45) is 5.92 Å². The summed E-state index contributed by atoms with van der Waals surface area (Å²) in [5.41, 5.74) is 0.912. The van der Waals surface area contributed by atoms with Gasteiger partial charge in [0.1, 0.15) is 5.76 Å². The first kappa shape index (κ1) is 17.7. The highest BCUT2D eigenvalue weighted by Gasteiger charge is 2.21. The van der Waals surface area contributed by atoms with Crippen LogP contribution in [-0.4, -0.2) is 30.9 Å². The first-order valence-corrected chi connectivity index (χ1v) is 9.28. The summed E-state index contributed by atoms with van der Waals surface area (Å²) in [6, 6.07) is 13.6. The maximum atomic E-state index is 13.0. The van der Waals surface area contributed by atoms with Crippen LogP contribution in [0.15, 0.2) is 53.1 Å². The molecule has 25 heavy (non-hydrogen) atoms. The maximum Gasteiger partial charge on any atom is 0.241 e.